The van der Waals surface area contributed by atoms with E-state index in [1.54, 1.807) is 23.1 Å². The summed E-state index contributed by atoms with van der Waals surface area (Å²) in [7, 11) is 1.50. The number of hydrogen-bond donors (Lipinski definition) is 0. The molecule has 4 rings (SSSR count). The van der Waals surface area contributed by atoms with Gasteiger partial charge >= 0.3 is 0 Å². The number of thioether (sulfide) groups is 1. The second-order valence-corrected chi connectivity index (χ2v) is 8.57. The van der Waals surface area contributed by atoms with E-state index in [1.807, 2.05) is 18.2 Å². The maximum atomic E-state index is 13.0. The van der Waals surface area contributed by atoms with Gasteiger partial charge in [0.1, 0.15) is 10.9 Å². The Bertz CT molecular complexity index is 1140. The summed E-state index contributed by atoms with van der Waals surface area (Å²) in [5.41, 5.74) is 1.57. The molecule has 2 aliphatic heterocycles. The summed E-state index contributed by atoms with van der Waals surface area (Å²) < 4.78 is 22.0. The van der Waals surface area contributed by atoms with Crippen LogP contribution in [0.25, 0.3) is 6.08 Å². The first-order valence-electron chi connectivity index (χ1n) is 9.08. The second kappa shape index (κ2) is 9.10. The molecule has 0 aromatic heterocycles. The summed E-state index contributed by atoms with van der Waals surface area (Å²) in [5.74, 6) is 4.33. The molecule has 0 unspecified atom stereocenters. The van der Waals surface area contributed by atoms with Crippen LogP contribution in [-0.2, 0) is 11.3 Å². The van der Waals surface area contributed by atoms with Crippen molar-refractivity contribution in [3.8, 4) is 35.3 Å². The first-order valence-corrected chi connectivity index (χ1v) is 10.7. The van der Waals surface area contributed by atoms with Crippen LogP contribution in [0.15, 0.2) is 35.2 Å². The van der Waals surface area contributed by atoms with E-state index in [9.17, 15) is 4.79 Å². The van der Waals surface area contributed by atoms with Crippen molar-refractivity contribution in [3.05, 3.63) is 51.4 Å². The summed E-state index contributed by atoms with van der Waals surface area (Å²) in [6.07, 6.45) is 6.96. The van der Waals surface area contributed by atoms with E-state index < -0.39 is 0 Å². The van der Waals surface area contributed by atoms with Gasteiger partial charge in [0.15, 0.2) is 23.0 Å². The fourth-order valence-electron chi connectivity index (χ4n) is 3.09. The van der Waals surface area contributed by atoms with Crippen molar-refractivity contribution in [3.63, 3.8) is 0 Å². The number of hydrogen-bond acceptors (Lipinski definition) is 7. The Hall–Kier alpha value is -2.86. The number of fused-ring (bicyclic) bond motifs is 1. The van der Waals surface area contributed by atoms with Crippen molar-refractivity contribution in [2.75, 3.05) is 20.5 Å². The molecule has 9 heteroatoms. The number of methoxy groups -OCH3 is 1. The number of terminal acetylenes is 1. The lowest BCUT2D eigenvalue weighted by Crippen LogP contribution is -2.27. The number of carbonyl (C=O) groups excluding carboxylic acids is 1. The minimum absolute atomic E-state index is 0.0634. The number of halogens is 1. The number of amides is 1. The molecule has 2 aromatic carbocycles. The fourth-order valence-corrected chi connectivity index (χ4v) is 4.62. The standard InChI is InChI=1S/C22H16ClNO5S2/c1-3-6-27-20-15(23)7-14(9-18(20)26-2)10-19-21(25)24(22(30)31-19)11-13-4-5-16-17(8-13)29-12-28-16/h1,4-5,7-10H,6,11-12H2,2H3/b19-10+. The van der Waals surface area contributed by atoms with E-state index in [0.717, 1.165) is 5.56 Å². The SMILES string of the molecule is C#CCOc1c(Cl)cc(/C=C2/SC(=S)N(Cc3ccc4c(c3)OCO4)C2=O)cc1OC. The molecular weight excluding hydrogens is 458 g/mol. The molecule has 0 aliphatic carbocycles. The van der Waals surface area contributed by atoms with Crippen molar-refractivity contribution in [2.24, 2.45) is 0 Å². The lowest BCUT2D eigenvalue weighted by atomic mass is 10.1. The Morgan fingerprint density at radius 3 is 2.90 bits per heavy atom. The van der Waals surface area contributed by atoms with E-state index in [1.165, 1.54) is 18.9 Å². The highest BCUT2D eigenvalue weighted by Gasteiger charge is 2.32. The van der Waals surface area contributed by atoms with Crippen LogP contribution < -0.4 is 18.9 Å². The third-order valence-electron chi connectivity index (χ3n) is 4.50. The molecule has 31 heavy (non-hydrogen) atoms. The third kappa shape index (κ3) is 4.44. The number of nitrogens with zero attached hydrogens (tertiary/aromatic N) is 1. The first-order chi connectivity index (χ1) is 15.0. The third-order valence-corrected chi connectivity index (χ3v) is 6.16. The summed E-state index contributed by atoms with van der Waals surface area (Å²) in [4.78, 5) is 15.0. The quantitative estimate of drug-likeness (QED) is 0.348. The highest BCUT2D eigenvalue weighted by molar-refractivity contribution is 8.26. The summed E-state index contributed by atoms with van der Waals surface area (Å²) >= 11 is 13.0. The Labute approximate surface area is 194 Å². The maximum absolute atomic E-state index is 13.0. The average molecular weight is 474 g/mol. The molecule has 1 fully saturated rings. The van der Waals surface area contributed by atoms with E-state index in [-0.39, 0.29) is 19.3 Å². The van der Waals surface area contributed by atoms with Crippen molar-refractivity contribution < 1.29 is 23.7 Å². The van der Waals surface area contributed by atoms with Gasteiger partial charge in [-0.3, -0.25) is 9.69 Å². The molecule has 0 radical (unpaired) electrons. The zero-order valence-corrected chi connectivity index (χ0v) is 18.7. The van der Waals surface area contributed by atoms with Gasteiger partial charge in [-0.15, -0.1) is 6.42 Å². The first kappa shape index (κ1) is 21.4. The van der Waals surface area contributed by atoms with Crippen molar-refractivity contribution in [1.29, 1.82) is 0 Å². The van der Waals surface area contributed by atoms with Gasteiger partial charge in [0.2, 0.25) is 6.79 Å². The zero-order chi connectivity index (χ0) is 22.0. The molecule has 158 valence electrons. The number of rotatable bonds is 6. The summed E-state index contributed by atoms with van der Waals surface area (Å²) in [6, 6.07) is 8.96. The molecular formula is C22H16ClNO5S2. The van der Waals surface area contributed by atoms with Crippen molar-refractivity contribution in [1.82, 2.24) is 4.90 Å². The molecule has 0 N–H and O–H groups in total. The van der Waals surface area contributed by atoms with Gasteiger partial charge in [-0.2, -0.15) is 0 Å². The van der Waals surface area contributed by atoms with Gasteiger partial charge in [0.25, 0.3) is 5.91 Å². The van der Waals surface area contributed by atoms with Crippen LogP contribution in [0.1, 0.15) is 11.1 Å². The monoisotopic (exact) mass is 473 g/mol. The minimum atomic E-state index is -0.185. The molecule has 0 atom stereocenters. The smallest absolute Gasteiger partial charge is 0.266 e. The molecule has 2 aromatic rings. The van der Waals surface area contributed by atoms with Gasteiger partial charge in [0.05, 0.1) is 23.6 Å². The van der Waals surface area contributed by atoms with Crippen LogP contribution in [0.5, 0.6) is 23.0 Å². The lowest BCUT2D eigenvalue weighted by molar-refractivity contribution is -0.122. The Morgan fingerprint density at radius 2 is 2.13 bits per heavy atom. The van der Waals surface area contributed by atoms with Crippen molar-refractivity contribution in [2.45, 2.75) is 6.54 Å². The van der Waals surface area contributed by atoms with Gasteiger partial charge in [-0.25, -0.2) is 0 Å². The Kier molecular flexibility index (Phi) is 6.28. The topological polar surface area (TPSA) is 57.2 Å². The largest absolute Gasteiger partial charge is 0.493 e. The Balaban J connectivity index is 1.55. The number of benzene rings is 2. The molecule has 1 saturated heterocycles. The molecule has 0 spiro atoms. The maximum Gasteiger partial charge on any atom is 0.266 e. The lowest BCUT2D eigenvalue weighted by Gasteiger charge is -2.14. The van der Waals surface area contributed by atoms with E-state index >= 15 is 0 Å². The number of ether oxygens (including phenoxy) is 4. The molecule has 0 bridgehead atoms. The predicted octanol–water partition coefficient (Wildman–Crippen LogP) is 4.49. The normalized spacial score (nSPS) is 16.0. The predicted molar refractivity (Wildman–Crippen MR) is 124 cm³/mol. The van der Waals surface area contributed by atoms with Gasteiger partial charge in [-0.1, -0.05) is 47.6 Å². The van der Waals surface area contributed by atoms with Gasteiger partial charge in [-0.05, 0) is 41.5 Å². The molecule has 0 saturated carbocycles. The van der Waals surface area contributed by atoms with Gasteiger partial charge < -0.3 is 18.9 Å². The van der Waals surface area contributed by atoms with Crippen LogP contribution in [0.3, 0.4) is 0 Å². The van der Waals surface area contributed by atoms with Crippen LogP contribution in [-0.4, -0.2) is 35.6 Å². The average Bonchev–Trinajstić information content (AvgIpc) is 3.32. The van der Waals surface area contributed by atoms with Crippen LogP contribution in [0, 0.1) is 12.3 Å². The fraction of sp³-hybridized carbons (Fsp3) is 0.182. The molecule has 2 aliphatic rings. The molecule has 6 nitrogen and oxygen atoms in total. The summed E-state index contributed by atoms with van der Waals surface area (Å²) in [6.45, 7) is 0.594. The second-order valence-electron chi connectivity index (χ2n) is 6.48. The van der Waals surface area contributed by atoms with E-state index in [2.05, 4.69) is 5.92 Å². The van der Waals surface area contributed by atoms with E-state index in [4.69, 9.17) is 49.2 Å². The van der Waals surface area contributed by atoms with Crippen molar-refractivity contribution >= 4 is 51.9 Å². The molecule has 2 heterocycles. The van der Waals surface area contributed by atoms with Crippen LogP contribution in [0.4, 0.5) is 0 Å². The van der Waals surface area contributed by atoms with Crippen LogP contribution in [0.2, 0.25) is 5.02 Å². The number of carbonyl (C=O) groups is 1. The summed E-state index contributed by atoms with van der Waals surface area (Å²) in [5, 5.41) is 0.330. The van der Waals surface area contributed by atoms with Crippen LogP contribution >= 0.6 is 35.6 Å². The highest BCUT2D eigenvalue weighted by Crippen LogP contribution is 2.40. The molecule has 1 amide bonds. The Morgan fingerprint density at radius 1 is 1.32 bits per heavy atom. The number of thiocarbonyl (C=S) groups is 1. The highest BCUT2D eigenvalue weighted by atomic mass is 35.5. The van der Waals surface area contributed by atoms with E-state index in [0.29, 0.717) is 49.4 Å². The minimum Gasteiger partial charge on any atom is -0.493 e. The van der Waals surface area contributed by atoms with Gasteiger partial charge in [0, 0.05) is 0 Å². The zero-order valence-electron chi connectivity index (χ0n) is 16.3.